The van der Waals surface area contributed by atoms with Gasteiger partial charge in [0.15, 0.2) is 0 Å². The van der Waals surface area contributed by atoms with E-state index in [1.54, 1.807) is 6.20 Å². The number of hydrogen-bond acceptors (Lipinski definition) is 3. The molecule has 1 rings (SSSR count). The third-order valence-corrected chi connectivity index (χ3v) is 1.59. The highest BCUT2D eigenvalue weighted by molar-refractivity contribution is 6.29. The van der Waals surface area contributed by atoms with Gasteiger partial charge in [-0.15, -0.1) is 12.3 Å². The summed E-state index contributed by atoms with van der Waals surface area (Å²) in [6, 6.07) is 0. The van der Waals surface area contributed by atoms with Crippen molar-refractivity contribution >= 4 is 17.4 Å². The van der Waals surface area contributed by atoms with Gasteiger partial charge in [-0.2, -0.15) is 0 Å². The van der Waals surface area contributed by atoms with E-state index in [2.05, 4.69) is 21.2 Å². The van der Waals surface area contributed by atoms with Crippen LogP contribution in [0, 0.1) is 12.3 Å². The van der Waals surface area contributed by atoms with Crippen molar-refractivity contribution < 1.29 is 0 Å². The van der Waals surface area contributed by atoms with Crippen LogP contribution in [0.25, 0.3) is 0 Å². The van der Waals surface area contributed by atoms with Crippen molar-refractivity contribution in [3.05, 3.63) is 17.5 Å². The lowest BCUT2D eigenvalue weighted by molar-refractivity contribution is 0.899. The molecule has 0 unspecified atom stereocenters. The molecule has 0 atom stereocenters. The number of aromatic nitrogens is 2. The monoisotopic (exact) mass is 195 g/mol. The SMILES string of the molecule is C#CCCCNc1cncc(Cl)n1. The average molecular weight is 196 g/mol. The van der Waals surface area contributed by atoms with Crippen LogP contribution in [0.4, 0.5) is 5.82 Å². The second kappa shape index (κ2) is 5.39. The maximum atomic E-state index is 5.64. The van der Waals surface area contributed by atoms with E-state index in [4.69, 9.17) is 18.0 Å². The van der Waals surface area contributed by atoms with Crippen molar-refractivity contribution in [2.45, 2.75) is 12.8 Å². The number of halogens is 1. The molecular formula is C9H10ClN3. The Kier molecular flexibility index (Phi) is 4.07. The lowest BCUT2D eigenvalue weighted by Gasteiger charge is -2.02. The molecule has 4 heteroatoms. The van der Waals surface area contributed by atoms with Gasteiger partial charge in [0.25, 0.3) is 0 Å². The van der Waals surface area contributed by atoms with E-state index in [0.29, 0.717) is 11.0 Å². The highest BCUT2D eigenvalue weighted by Crippen LogP contribution is 2.06. The second-order valence-electron chi connectivity index (χ2n) is 2.46. The summed E-state index contributed by atoms with van der Waals surface area (Å²) in [6.45, 7) is 0.791. The number of anilines is 1. The fraction of sp³-hybridized carbons (Fsp3) is 0.333. The third kappa shape index (κ3) is 3.77. The first-order chi connectivity index (χ1) is 6.33. The normalized spacial score (nSPS) is 9.23. The number of nitrogens with zero attached hydrogens (tertiary/aromatic N) is 2. The van der Waals surface area contributed by atoms with Crippen molar-refractivity contribution in [2.24, 2.45) is 0 Å². The van der Waals surface area contributed by atoms with E-state index >= 15 is 0 Å². The van der Waals surface area contributed by atoms with Crippen LogP contribution in [-0.4, -0.2) is 16.5 Å². The molecule has 1 heterocycles. The molecule has 0 fully saturated rings. The minimum Gasteiger partial charge on any atom is -0.369 e. The number of unbranched alkanes of at least 4 members (excludes halogenated alkanes) is 1. The summed E-state index contributed by atoms with van der Waals surface area (Å²) in [5.74, 6) is 3.25. The number of terminal acetylenes is 1. The fourth-order valence-corrected chi connectivity index (χ4v) is 0.982. The first kappa shape index (κ1) is 9.82. The molecule has 1 N–H and O–H groups in total. The molecule has 1 aromatic rings. The minimum absolute atomic E-state index is 0.391. The zero-order valence-corrected chi connectivity index (χ0v) is 7.88. The molecule has 13 heavy (non-hydrogen) atoms. The summed E-state index contributed by atoms with van der Waals surface area (Å²) in [5.41, 5.74) is 0. The molecule has 0 saturated carbocycles. The quantitative estimate of drug-likeness (QED) is 0.590. The number of hydrogen-bond donors (Lipinski definition) is 1. The Morgan fingerprint density at radius 2 is 2.38 bits per heavy atom. The lowest BCUT2D eigenvalue weighted by Crippen LogP contribution is -2.03. The van der Waals surface area contributed by atoms with Crippen LogP contribution in [-0.2, 0) is 0 Å². The van der Waals surface area contributed by atoms with Crippen LogP contribution in [0.3, 0.4) is 0 Å². The van der Waals surface area contributed by atoms with E-state index < -0.39 is 0 Å². The first-order valence-electron chi connectivity index (χ1n) is 3.98. The minimum atomic E-state index is 0.391. The van der Waals surface area contributed by atoms with E-state index in [1.807, 2.05) is 0 Å². The van der Waals surface area contributed by atoms with Crippen LogP contribution >= 0.6 is 11.6 Å². The highest BCUT2D eigenvalue weighted by Gasteiger charge is 1.94. The van der Waals surface area contributed by atoms with Crippen LogP contribution in [0.1, 0.15) is 12.8 Å². The summed E-state index contributed by atoms with van der Waals surface area (Å²) < 4.78 is 0. The molecule has 0 aliphatic carbocycles. The highest BCUT2D eigenvalue weighted by atomic mass is 35.5. The largest absolute Gasteiger partial charge is 0.369 e. The van der Waals surface area contributed by atoms with Crippen LogP contribution in [0.15, 0.2) is 12.4 Å². The van der Waals surface area contributed by atoms with Crippen molar-refractivity contribution in [1.82, 2.24) is 9.97 Å². The first-order valence-corrected chi connectivity index (χ1v) is 4.35. The topological polar surface area (TPSA) is 37.8 Å². The molecule has 0 aliphatic rings. The zero-order valence-electron chi connectivity index (χ0n) is 7.13. The molecule has 0 radical (unpaired) electrons. The average Bonchev–Trinajstić information content (AvgIpc) is 2.13. The van der Waals surface area contributed by atoms with Crippen molar-refractivity contribution in [2.75, 3.05) is 11.9 Å². The van der Waals surface area contributed by atoms with Gasteiger partial charge in [-0.05, 0) is 6.42 Å². The summed E-state index contributed by atoms with van der Waals surface area (Å²) in [7, 11) is 0. The Morgan fingerprint density at radius 3 is 3.08 bits per heavy atom. The van der Waals surface area contributed by atoms with Gasteiger partial charge in [0, 0.05) is 13.0 Å². The Morgan fingerprint density at radius 1 is 1.54 bits per heavy atom. The summed E-state index contributed by atoms with van der Waals surface area (Å²) in [6.07, 6.45) is 9.91. The van der Waals surface area contributed by atoms with E-state index in [0.717, 1.165) is 19.4 Å². The number of nitrogens with one attached hydrogen (secondary N) is 1. The Hall–Kier alpha value is -1.27. The van der Waals surface area contributed by atoms with Crippen molar-refractivity contribution in [1.29, 1.82) is 0 Å². The molecule has 0 aliphatic heterocycles. The molecule has 0 bridgehead atoms. The zero-order chi connectivity index (χ0) is 9.52. The maximum absolute atomic E-state index is 5.64. The van der Waals surface area contributed by atoms with Gasteiger partial charge in [-0.3, -0.25) is 4.98 Å². The van der Waals surface area contributed by atoms with Gasteiger partial charge in [0.2, 0.25) is 0 Å². The molecule has 0 aromatic carbocycles. The predicted octanol–water partition coefficient (Wildman–Crippen LogP) is 1.96. The summed E-state index contributed by atoms with van der Waals surface area (Å²) >= 11 is 5.64. The van der Waals surface area contributed by atoms with Gasteiger partial charge in [0.05, 0.1) is 12.4 Å². The van der Waals surface area contributed by atoms with Gasteiger partial charge in [-0.25, -0.2) is 4.98 Å². The fourth-order valence-electron chi connectivity index (χ4n) is 0.834. The van der Waals surface area contributed by atoms with Gasteiger partial charge < -0.3 is 5.32 Å². The van der Waals surface area contributed by atoms with Gasteiger partial charge in [0.1, 0.15) is 11.0 Å². The molecule has 68 valence electrons. The molecular weight excluding hydrogens is 186 g/mol. The Bertz CT molecular complexity index is 306. The third-order valence-electron chi connectivity index (χ3n) is 1.41. The molecule has 0 spiro atoms. The summed E-state index contributed by atoms with van der Waals surface area (Å²) in [5, 5.41) is 3.46. The molecule has 0 amide bonds. The lowest BCUT2D eigenvalue weighted by atomic mass is 10.3. The van der Waals surface area contributed by atoms with E-state index in [1.165, 1.54) is 6.20 Å². The maximum Gasteiger partial charge on any atom is 0.149 e. The number of rotatable bonds is 4. The summed E-state index contributed by atoms with van der Waals surface area (Å²) in [4.78, 5) is 7.90. The van der Waals surface area contributed by atoms with Crippen molar-refractivity contribution in [3.8, 4) is 12.3 Å². The van der Waals surface area contributed by atoms with Crippen molar-refractivity contribution in [3.63, 3.8) is 0 Å². The van der Waals surface area contributed by atoms with E-state index in [-0.39, 0.29) is 0 Å². The Balaban J connectivity index is 2.33. The smallest absolute Gasteiger partial charge is 0.149 e. The second-order valence-corrected chi connectivity index (χ2v) is 2.85. The molecule has 3 nitrogen and oxygen atoms in total. The predicted molar refractivity (Wildman–Crippen MR) is 53.6 cm³/mol. The standard InChI is InChI=1S/C9H10ClN3/c1-2-3-4-5-12-9-7-11-6-8(10)13-9/h1,6-7H,3-5H2,(H,12,13). The Labute approximate surface area is 82.5 Å². The molecule has 0 saturated heterocycles. The van der Waals surface area contributed by atoms with Crippen LogP contribution in [0.5, 0.6) is 0 Å². The molecule has 1 aromatic heterocycles. The van der Waals surface area contributed by atoms with Crippen LogP contribution < -0.4 is 5.32 Å². The van der Waals surface area contributed by atoms with Crippen LogP contribution in [0.2, 0.25) is 5.15 Å². The van der Waals surface area contributed by atoms with Gasteiger partial charge in [-0.1, -0.05) is 11.6 Å². The van der Waals surface area contributed by atoms with E-state index in [9.17, 15) is 0 Å². The van der Waals surface area contributed by atoms with Gasteiger partial charge >= 0.3 is 0 Å².